The molecule has 0 N–H and O–H groups in total. The lowest BCUT2D eigenvalue weighted by atomic mass is 10.0. The fraction of sp³-hybridized carbons (Fsp3) is 0. The number of thiophene rings is 1. The molecule has 0 aliphatic rings. The van der Waals surface area contributed by atoms with Crippen molar-refractivity contribution in [1.29, 1.82) is 0 Å². The van der Waals surface area contributed by atoms with E-state index in [0.717, 1.165) is 44.2 Å². The topological polar surface area (TPSA) is 35.6 Å². The molecule has 0 spiro atoms. The van der Waals surface area contributed by atoms with Crippen LogP contribution >= 0.6 is 11.3 Å². The Bertz CT molecular complexity index is 3130. The van der Waals surface area contributed by atoms with Crippen LogP contribution in [0.2, 0.25) is 0 Å². The van der Waals surface area contributed by atoms with Gasteiger partial charge in [0.25, 0.3) is 0 Å². The van der Waals surface area contributed by atoms with Crippen molar-refractivity contribution >= 4 is 75.3 Å². The van der Waals surface area contributed by atoms with E-state index < -0.39 is 0 Å². The molecule has 0 unspecified atom stereocenters. The number of aromatic nitrogens is 4. The molecule has 4 heterocycles. The average molecular weight is 669 g/mol. The smallest absolute Gasteiger partial charge is 0.161 e. The quantitative estimate of drug-likeness (QED) is 0.187. The zero-order valence-corrected chi connectivity index (χ0v) is 28.2. The summed E-state index contributed by atoms with van der Waals surface area (Å²) < 4.78 is 6.07. The monoisotopic (exact) mass is 668 g/mol. The Balaban J connectivity index is 1.24. The maximum Gasteiger partial charge on any atom is 0.161 e. The number of benzene rings is 7. The molecule has 0 amide bonds. The summed E-state index contributed by atoms with van der Waals surface area (Å²) >= 11 is 1.73. The first kappa shape index (κ1) is 28.3. The first-order valence-electron chi connectivity index (χ1n) is 17.2. The van der Waals surface area contributed by atoms with Crippen LogP contribution in [-0.2, 0) is 0 Å². The molecular formula is C46H28N4S. The van der Waals surface area contributed by atoms with Crippen LogP contribution in [0.4, 0.5) is 0 Å². The lowest BCUT2D eigenvalue weighted by Gasteiger charge is -2.13. The van der Waals surface area contributed by atoms with Gasteiger partial charge in [-0.2, -0.15) is 0 Å². The van der Waals surface area contributed by atoms with Gasteiger partial charge in [0.1, 0.15) is 4.83 Å². The highest BCUT2D eigenvalue weighted by molar-refractivity contribution is 7.25. The van der Waals surface area contributed by atoms with Crippen LogP contribution in [0.25, 0.3) is 97.9 Å². The summed E-state index contributed by atoms with van der Waals surface area (Å²) in [4.78, 5) is 11.4. The van der Waals surface area contributed by atoms with E-state index in [1.165, 1.54) is 53.7 Å². The van der Waals surface area contributed by atoms with Gasteiger partial charge in [-0.1, -0.05) is 121 Å². The van der Waals surface area contributed by atoms with Crippen LogP contribution in [0.5, 0.6) is 0 Å². The average Bonchev–Trinajstić information content (AvgIpc) is 3.86. The predicted octanol–water partition coefficient (Wildman–Crippen LogP) is 12.4. The summed E-state index contributed by atoms with van der Waals surface area (Å²) in [5.74, 6) is 0.738. The Hall–Kier alpha value is -6.56. The third-order valence-corrected chi connectivity index (χ3v) is 11.2. The van der Waals surface area contributed by atoms with Crippen LogP contribution in [0.15, 0.2) is 170 Å². The zero-order valence-electron chi connectivity index (χ0n) is 27.4. The van der Waals surface area contributed by atoms with E-state index in [4.69, 9.17) is 9.97 Å². The van der Waals surface area contributed by atoms with Crippen LogP contribution in [0.1, 0.15) is 0 Å². The molecule has 11 aromatic rings. The Labute approximate surface area is 297 Å². The van der Waals surface area contributed by atoms with Gasteiger partial charge >= 0.3 is 0 Å². The highest BCUT2D eigenvalue weighted by Gasteiger charge is 2.22. The fourth-order valence-electron chi connectivity index (χ4n) is 7.97. The van der Waals surface area contributed by atoms with Crippen molar-refractivity contribution in [3.05, 3.63) is 170 Å². The fourth-order valence-corrected chi connectivity index (χ4v) is 9.05. The van der Waals surface area contributed by atoms with Gasteiger partial charge in [0.15, 0.2) is 5.82 Å². The second kappa shape index (κ2) is 11.0. The maximum atomic E-state index is 5.32. The van der Waals surface area contributed by atoms with Crippen molar-refractivity contribution in [3.8, 4) is 34.0 Å². The highest BCUT2D eigenvalue weighted by atomic mass is 32.1. The Morgan fingerprint density at radius 1 is 0.412 bits per heavy atom. The molecule has 0 saturated heterocycles. The van der Waals surface area contributed by atoms with Gasteiger partial charge < -0.3 is 9.13 Å². The van der Waals surface area contributed by atoms with Crippen molar-refractivity contribution in [3.63, 3.8) is 0 Å². The van der Waals surface area contributed by atoms with Gasteiger partial charge in [-0.05, 0) is 48.5 Å². The van der Waals surface area contributed by atoms with Gasteiger partial charge in [0.2, 0.25) is 0 Å². The predicted molar refractivity (Wildman–Crippen MR) is 214 cm³/mol. The van der Waals surface area contributed by atoms with Crippen molar-refractivity contribution in [2.45, 2.75) is 0 Å². The normalized spacial score (nSPS) is 11.9. The van der Waals surface area contributed by atoms with Crippen molar-refractivity contribution < 1.29 is 0 Å². The van der Waals surface area contributed by atoms with E-state index in [1.54, 1.807) is 11.3 Å². The van der Waals surface area contributed by atoms with Gasteiger partial charge in [-0.3, -0.25) is 0 Å². The first-order valence-corrected chi connectivity index (χ1v) is 18.0. The third kappa shape index (κ3) is 4.19. The molecule has 7 aromatic carbocycles. The van der Waals surface area contributed by atoms with Crippen molar-refractivity contribution in [1.82, 2.24) is 19.1 Å². The van der Waals surface area contributed by atoms with E-state index in [9.17, 15) is 0 Å². The number of nitrogens with zero attached hydrogens (tertiary/aromatic N) is 4. The Morgan fingerprint density at radius 2 is 1.06 bits per heavy atom. The number of hydrogen-bond acceptors (Lipinski definition) is 3. The summed E-state index contributed by atoms with van der Waals surface area (Å²) in [5, 5.41) is 7.23. The second-order valence-electron chi connectivity index (χ2n) is 13.0. The molecule has 51 heavy (non-hydrogen) atoms. The summed E-state index contributed by atoms with van der Waals surface area (Å²) in [6, 6.07) is 60.6. The number of para-hydroxylation sites is 3. The summed E-state index contributed by atoms with van der Waals surface area (Å²) in [6.45, 7) is 0. The Morgan fingerprint density at radius 3 is 1.88 bits per heavy atom. The minimum Gasteiger partial charge on any atom is -0.309 e. The SMILES string of the molecule is c1ccc(-c2nc(-c3cccc(-n4c5ccccc5c5ccc6c(c7ccccc7n6-c6ccccc6)c54)c3)c3c(n2)sc2ccccc23)cc1. The van der Waals surface area contributed by atoms with Gasteiger partial charge in [0, 0.05) is 59.5 Å². The molecule has 0 aliphatic heterocycles. The van der Waals surface area contributed by atoms with Crippen LogP contribution in [-0.4, -0.2) is 19.1 Å². The molecule has 0 saturated carbocycles. The van der Waals surface area contributed by atoms with Crippen molar-refractivity contribution in [2.75, 3.05) is 0 Å². The Kier molecular flexibility index (Phi) is 6.09. The largest absolute Gasteiger partial charge is 0.309 e. The minimum atomic E-state index is 0.738. The van der Waals surface area contributed by atoms with E-state index in [2.05, 4.69) is 161 Å². The van der Waals surface area contributed by atoms with Crippen LogP contribution < -0.4 is 0 Å². The summed E-state index contributed by atoms with van der Waals surface area (Å²) in [7, 11) is 0. The van der Waals surface area contributed by atoms with Crippen LogP contribution in [0.3, 0.4) is 0 Å². The standard InChI is InChI=1S/C46H28N4S/c1-3-14-29(15-4-1)45-47-43(42-36-22-9-12-25-40(36)51-46(42)48-45)30-16-13-19-32(28-30)50-37-23-10-7-20-33(37)34-26-27-39-41(44(34)50)35-21-8-11-24-38(35)49(39)31-17-5-2-6-18-31/h1-28H. The number of rotatable bonds is 4. The molecule has 238 valence electrons. The molecule has 4 aromatic heterocycles. The lowest BCUT2D eigenvalue weighted by Crippen LogP contribution is -1.97. The summed E-state index contributed by atoms with van der Waals surface area (Å²) in [6.07, 6.45) is 0. The number of hydrogen-bond donors (Lipinski definition) is 0. The first-order chi connectivity index (χ1) is 25.3. The second-order valence-corrected chi connectivity index (χ2v) is 14.0. The molecule has 4 nitrogen and oxygen atoms in total. The molecule has 5 heteroatoms. The van der Waals surface area contributed by atoms with E-state index in [-0.39, 0.29) is 0 Å². The molecule has 0 bridgehead atoms. The third-order valence-electron chi connectivity index (χ3n) is 10.1. The number of fused-ring (bicyclic) bond motifs is 10. The molecule has 0 radical (unpaired) electrons. The van der Waals surface area contributed by atoms with E-state index in [1.807, 2.05) is 18.2 Å². The van der Waals surface area contributed by atoms with Gasteiger partial charge in [-0.25, -0.2) is 9.97 Å². The lowest BCUT2D eigenvalue weighted by molar-refractivity contribution is 1.17. The maximum absolute atomic E-state index is 5.32. The molecule has 0 aliphatic carbocycles. The van der Waals surface area contributed by atoms with E-state index in [0.29, 0.717) is 0 Å². The molecular weight excluding hydrogens is 641 g/mol. The summed E-state index contributed by atoms with van der Waals surface area (Å²) in [5.41, 5.74) is 10.0. The zero-order chi connectivity index (χ0) is 33.5. The van der Waals surface area contributed by atoms with Crippen LogP contribution in [0, 0.1) is 0 Å². The van der Waals surface area contributed by atoms with Crippen molar-refractivity contribution in [2.24, 2.45) is 0 Å². The molecule has 11 rings (SSSR count). The van der Waals surface area contributed by atoms with Gasteiger partial charge in [0.05, 0.1) is 27.8 Å². The molecule has 0 atom stereocenters. The minimum absolute atomic E-state index is 0.738. The highest BCUT2D eigenvalue weighted by Crippen LogP contribution is 2.43. The van der Waals surface area contributed by atoms with E-state index >= 15 is 0 Å². The van der Waals surface area contributed by atoms with Gasteiger partial charge in [-0.15, -0.1) is 11.3 Å². The molecule has 0 fully saturated rings.